The Kier molecular flexibility index (Phi) is 5.17. The SMILES string of the molecule is [C-]#[N+]c1ccc(-n2cc(S(=O)(=O)C(F)F)c3c2CCC(F)(F)[C@H]3O)cc1C(F)F. The van der Waals surface area contributed by atoms with Gasteiger partial charge in [-0.1, -0.05) is 6.07 Å². The number of hydrogen-bond donors (Lipinski definition) is 1. The fraction of sp³-hybridized carbons (Fsp3) is 0.353. The summed E-state index contributed by atoms with van der Waals surface area (Å²) in [6.07, 6.45) is -6.51. The molecule has 2 aromatic rings. The molecule has 1 atom stereocenters. The number of aliphatic hydroxyl groups excluding tert-OH is 1. The molecule has 0 fully saturated rings. The van der Waals surface area contributed by atoms with Gasteiger partial charge in [-0.3, -0.25) is 0 Å². The number of alkyl halides is 6. The molecule has 1 aliphatic rings. The fourth-order valence-corrected chi connectivity index (χ4v) is 4.22. The molecule has 5 nitrogen and oxygen atoms in total. The van der Waals surface area contributed by atoms with E-state index in [-0.39, 0.29) is 17.1 Å². The number of aromatic nitrogens is 1. The van der Waals surface area contributed by atoms with Crippen molar-refractivity contribution in [2.45, 2.75) is 41.9 Å². The Labute approximate surface area is 160 Å². The van der Waals surface area contributed by atoms with Gasteiger partial charge in [0.15, 0.2) is 5.69 Å². The van der Waals surface area contributed by atoms with E-state index in [9.17, 15) is 39.9 Å². The Balaban J connectivity index is 2.31. The number of hydrogen-bond acceptors (Lipinski definition) is 3. The number of halogens is 6. The van der Waals surface area contributed by atoms with E-state index in [1.165, 1.54) is 0 Å². The lowest BCUT2D eigenvalue weighted by atomic mass is 9.91. The molecule has 1 aromatic heterocycles. The molecule has 3 rings (SSSR count). The Morgan fingerprint density at radius 3 is 2.45 bits per heavy atom. The molecular weight excluding hydrogens is 426 g/mol. The number of benzene rings is 1. The smallest absolute Gasteiger partial charge is 0.341 e. The molecule has 0 bridgehead atoms. The van der Waals surface area contributed by atoms with Crippen molar-refractivity contribution in [1.29, 1.82) is 0 Å². The highest BCUT2D eigenvalue weighted by Crippen LogP contribution is 2.46. The summed E-state index contributed by atoms with van der Waals surface area (Å²) < 4.78 is 105. The van der Waals surface area contributed by atoms with Gasteiger partial charge in [-0.15, -0.1) is 0 Å². The van der Waals surface area contributed by atoms with Crippen LogP contribution in [0.5, 0.6) is 0 Å². The van der Waals surface area contributed by atoms with Crippen LogP contribution in [-0.4, -0.2) is 29.8 Å². The summed E-state index contributed by atoms with van der Waals surface area (Å²) in [5.74, 6) is -7.69. The third kappa shape index (κ3) is 3.38. The van der Waals surface area contributed by atoms with Crippen molar-refractivity contribution in [3.63, 3.8) is 0 Å². The summed E-state index contributed by atoms with van der Waals surface area (Å²) in [4.78, 5) is 1.75. The standard InChI is InChI=1S/C17H12F6N2O3S/c1-24-10-3-2-8(6-9(10)15(18)19)25-7-12(29(27,28)16(20)21)13-11(25)4-5-17(22,23)14(13)26/h2-3,6-7,14-16,26H,4-5H2/t14-/m0/s1. The highest BCUT2D eigenvalue weighted by atomic mass is 32.2. The van der Waals surface area contributed by atoms with Gasteiger partial charge < -0.3 is 9.67 Å². The van der Waals surface area contributed by atoms with Gasteiger partial charge in [0.2, 0.25) is 9.84 Å². The van der Waals surface area contributed by atoms with E-state index in [1.54, 1.807) is 0 Å². The van der Waals surface area contributed by atoms with Crippen molar-refractivity contribution in [3.05, 3.63) is 52.6 Å². The lowest BCUT2D eigenvalue weighted by molar-refractivity contribution is -0.123. The highest BCUT2D eigenvalue weighted by molar-refractivity contribution is 7.91. The second kappa shape index (κ2) is 7.07. The second-order valence-corrected chi connectivity index (χ2v) is 8.23. The van der Waals surface area contributed by atoms with Crippen LogP contribution in [0.2, 0.25) is 0 Å². The molecule has 0 saturated heterocycles. The highest BCUT2D eigenvalue weighted by Gasteiger charge is 2.48. The van der Waals surface area contributed by atoms with Gasteiger partial charge in [0.05, 0.1) is 11.5 Å². The quantitative estimate of drug-likeness (QED) is 0.562. The molecule has 0 spiro atoms. The van der Waals surface area contributed by atoms with Crippen molar-refractivity contribution in [3.8, 4) is 5.69 Å². The number of nitrogens with zero attached hydrogens (tertiary/aromatic N) is 2. The minimum Gasteiger partial charge on any atom is -0.382 e. The van der Waals surface area contributed by atoms with E-state index < -0.39 is 62.9 Å². The molecule has 1 N–H and O–H groups in total. The molecule has 1 aliphatic carbocycles. The summed E-state index contributed by atoms with van der Waals surface area (Å²) in [5.41, 5.74) is -2.30. The van der Waals surface area contributed by atoms with Gasteiger partial charge in [0, 0.05) is 35.1 Å². The second-order valence-electron chi connectivity index (χ2n) is 6.35. The Bertz CT molecular complexity index is 1110. The molecule has 0 radical (unpaired) electrons. The van der Waals surface area contributed by atoms with Crippen LogP contribution in [0.25, 0.3) is 10.5 Å². The molecule has 1 aromatic carbocycles. The predicted molar refractivity (Wildman–Crippen MR) is 88.4 cm³/mol. The monoisotopic (exact) mass is 438 g/mol. The Morgan fingerprint density at radius 1 is 1.24 bits per heavy atom. The maximum absolute atomic E-state index is 14.0. The minimum atomic E-state index is -5.37. The van der Waals surface area contributed by atoms with Crippen LogP contribution in [0.3, 0.4) is 0 Å². The molecule has 1 heterocycles. The molecule has 0 aliphatic heterocycles. The topological polar surface area (TPSA) is 63.7 Å². The average Bonchev–Trinajstić information content (AvgIpc) is 3.05. The fourth-order valence-electron chi connectivity index (χ4n) is 3.24. The lowest BCUT2D eigenvalue weighted by Gasteiger charge is -2.29. The third-order valence-electron chi connectivity index (χ3n) is 4.67. The van der Waals surface area contributed by atoms with Crippen molar-refractivity contribution in [2.75, 3.05) is 0 Å². The van der Waals surface area contributed by atoms with Crippen LogP contribution in [0.4, 0.5) is 32.0 Å². The zero-order valence-electron chi connectivity index (χ0n) is 14.3. The summed E-state index contributed by atoms with van der Waals surface area (Å²) >= 11 is 0. The first-order valence-corrected chi connectivity index (χ1v) is 9.58. The maximum atomic E-state index is 14.0. The van der Waals surface area contributed by atoms with E-state index in [4.69, 9.17) is 6.57 Å². The zero-order chi connectivity index (χ0) is 21.7. The summed E-state index contributed by atoms with van der Waals surface area (Å²) in [7, 11) is -5.37. The number of aliphatic hydroxyl groups is 1. The number of sulfone groups is 1. The van der Waals surface area contributed by atoms with E-state index >= 15 is 0 Å². The van der Waals surface area contributed by atoms with Gasteiger partial charge >= 0.3 is 5.76 Å². The van der Waals surface area contributed by atoms with Crippen molar-refractivity contribution >= 4 is 15.5 Å². The van der Waals surface area contributed by atoms with Gasteiger partial charge in [0.25, 0.3) is 12.3 Å². The van der Waals surface area contributed by atoms with Crippen molar-refractivity contribution < 1.29 is 39.9 Å². The number of fused-ring (bicyclic) bond motifs is 1. The molecular formula is C17H12F6N2O3S. The van der Waals surface area contributed by atoms with Gasteiger partial charge in [-0.25, -0.2) is 30.8 Å². The normalized spacial score (nSPS) is 18.7. The van der Waals surface area contributed by atoms with Gasteiger partial charge in [-0.2, -0.15) is 8.78 Å². The van der Waals surface area contributed by atoms with Crippen LogP contribution < -0.4 is 0 Å². The zero-order valence-corrected chi connectivity index (χ0v) is 15.1. The Hall–Kier alpha value is -2.52. The third-order valence-corrected chi connectivity index (χ3v) is 6.08. The summed E-state index contributed by atoms with van der Waals surface area (Å²) in [6, 6.07) is 3.01. The van der Waals surface area contributed by atoms with Crippen LogP contribution in [0.15, 0.2) is 29.3 Å². The largest absolute Gasteiger partial charge is 0.382 e. The van der Waals surface area contributed by atoms with Crippen LogP contribution >= 0.6 is 0 Å². The molecule has 156 valence electrons. The van der Waals surface area contributed by atoms with E-state index in [2.05, 4.69) is 4.85 Å². The molecule has 0 amide bonds. The first-order chi connectivity index (χ1) is 13.4. The van der Waals surface area contributed by atoms with Crippen molar-refractivity contribution in [2.24, 2.45) is 0 Å². The molecule has 12 heteroatoms. The minimum absolute atomic E-state index is 0.142. The first kappa shape index (κ1) is 21.2. The maximum Gasteiger partial charge on any atom is 0.341 e. The van der Waals surface area contributed by atoms with E-state index in [0.717, 1.165) is 22.8 Å². The van der Waals surface area contributed by atoms with E-state index in [0.29, 0.717) is 6.20 Å². The molecule has 0 saturated carbocycles. The van der Waals surface area contributed by atoms with Crippen molar-refractivity contribution in [1.82, 2.24) is 4.57 Å². The van der Waals surface area contributed by atoms with Crippen LogP contribution in [0, 0.1) is 6.57 Å². The molecule has 29 heavy (non-hydrogen) atoms. The lowest BCUT2D eigenvalue weighted by Crippen LogP contribution is -2.33. The van der Waals surface area contributed by atoms with Gasteiger partial charge in [-0.05, 0) is 18.6 Å². The Morgan fingerprint density at radius 2 is 1.90 bits per heavy atom. The average molecular weight is 438 g/mol. The van der Waals surface area contributed by atoms with Crippen LogP contribution in [0.1, 0.15) is 35.8 Å². The number of rotatable bonds is 4. The van der Waals surface area contributed by atoms with E-state index in [1.807, 2.05) is 0 Å². The first-order valence-electron chi connectivity index (χ1n) is 8.03. The predicted octanol–water partition coefficient (Wildman–Crippen LogP) is 4.58. The van der Waals surface area contributed by atoms with Crippen LogP contribution in [-0.2, 0) is 16.3 Å². The van der Waals surface area contributed by atoms with Gasteiger partial charge in [0.1, 0.15) is 6.10 Å². The summed E-state index contributed by atoms with van der Waals surface area (Å²) in [6.45, 7) is 6.91. The molecule has 0 unspecified atom stereocenters. The summed E-state index contributed by atoms with van der Waals surface area (Å²) in [5, 5.41) is 9.97.